The van der Waals surface area contributed by atoms with Crippen LogP contribution in [0.25, 0.3) is 0 Å². The normalized spacial score (nSPS) is 9.70. The molecule has 0 aliphatic heterocycles. The molecule has 0 spiro atoms. The molecule has 3 nitrogen and oxygen atoms in total. The maximum atomic E-state index is 10.4. The number of carbonyl (C=O) groups is 1. The van der Waals surface area contributed by atoms with E-state index in [1.54, 1.807) is 28.8 Å². The van der Waals surface area contributed by atoms with Crippen molar-refractivity contribution in [3.05, 3.63) is 12.5 Å². The number of aromatic nitrogens is 1. The van der Waals surface area contributed by atoms with Gasteiger partial charge in [-0.1, -0.05) is 11.8 Å². The molecule has 0 saturated carbocycles. The van der Waals surface area contributed by atoms with Crippen molar-refractivity contribution in [2.45, 2.75) is 5.22 Å². The van der Waals surface area contributed by atoms with Crippen molar-refractivity contribution >= 4 is 38.1 Å². The third kappa shape index (κ3) is 2.70. The molecule has 0 N–H and O–H groups in total. The quantitative estimate of drug-likeness (QED) is 0.476. The van der Waals surface area contributed by atoms with Crippen LogP contribution in [0.3, 0.4) is 0 Å². The van der Waals surface area contributed by atoms with E-state index in [0.717, 1.165) is 0 Å². The van der Waals surface area contributed by atoms with Crippen LogP contribution < -0.4 is 0 Å². The van der Waals surface area contributed by atoms with Crippen molar-refractivity contribution in [2.24, 2.45) is 0 Å². The fourth-order valence-corrected chi connectivity index (χ4v) is 1.36. The largest absolute Gasteiger partial charge is 0.440 e. The first-order valence-corrected chi connectivity index (χ1v) is 4.56. The van der Waals surface area contributed by atoms with Crippen LogP contribution in [0.1, 0.15) is 0 Å². The average molecular weight is 269 g/mol. The molecule has 0 amide bonds. The Kier molecular flexibility index (Phi) is 3.20. The molecule has 1 aromatic heterocycles. The summed E-state index contributed by atoms with van der Waals surface area (Å²) in [5, 5.41) is 0.546. The highest BCUT2D eigenvalue weighted by Gasteiger charge is 2.00. The Morgan fingerprint density at radius 1 is 1.90 bits per heavy atom. The first-order valence-electron chi connectivity index (χ1n) is 2.49. The zero-order valence-corrected chi connectivity index (χ0v) is 7.89. The summed E-state index contributed by atoms with van der Waals surface area (Å²) in [6.45, 7) is 0. The average Bonchev–Trinajstić information content (AvgIpc) is 2.34. The molecule has 0 aliphatic rings. The van der Waals surface area contributed by atoms with E-state index < -0.39 is 0 Å². The van der Waals surface area contributed by atoms with Crippen LogP contribution in [0, 0.1) is 0 Å². The number of hydrogen-bond acceptors (Lipinski definition) is 4. The Labute approximate surface area is 75.7 Å². The van der Waals surface area contributed by atoms with Gasteiger partial charge in [0.2, 0.25) is 3.79 Å². The third-order valence-electron chi connectivity index (χ3n) is 0.719. The first-order chi connectivity index (χ1) is 4.79. The molecule has 0 unspecified atom stereocenters. The summed E-state index contributed by atoms with van der Waals surface area (Å²) in [4.78, 5) is 14.3. The second-order valence-electron chi connectivity index (χ2n) is 1.44. The smallest absolute Gasteiger partial charge is 0.255 e. The van der Waals surface area contributed by atoms with Gasteiger partial charge in [0.15, 0.2) is 0 Å². The van der Waals surface area contributed by atoms with Crippen molar-refractivity contribution in [1.29, 1.82) is 0 Å². The van der Waals surface area contributed by atoms with E-state index in [2.05, 4.69) is 4.98 Å². The van der Waals surface area contributed by atoms with E-state index in [-0.39, 0.29) is 3.79 Å². The van der Waals surface area contributed by atoms with Gasteiger partial charge < -0.3 is 4.42 Å². The molecule has 10 heavy (non-hydrogen) atoms. The zero-order chi connectivity index (χ0) is 7.40. The Hall–Kier alpha value is -0.0400. The molecule has 0 saturated heterocycles. The monoisotopic (exact) mass is 269 g/mol. The van der Waals surface area contributed by atoms with Crippen LogP contribution in [-0.2, 0) is 4.79 Å². The second-order valence-corrected chi connectivity index (χ2v) is 3.57. The van der Waals surface area contributed by atoms with Crippen LogP contribution in [0.15, 0.2) is 22.1 Å². The van der Waals surface area contributed by atoms with Crippen molar-refractivity contribution in [2.75, 3.05) is 5.75 Å². The maximum absolute atomic E-state index is 10.4. The lowest BCUT2D eigenvalue weighted by molar-refractivity contribution is -0.107. The molecule has 0 fully saturated rings. The van der Waals surface area contributed by atoms with Crippen LogP contribution in [-0.4, -0.2) is 14.5 Å². The Morgan fingerprint density at radius 3 is 3.20 bits per heavy atom. The van der Waals surface area contributed by atoms with Crippen molar-refractivity contribution < 1.29 is 9.21 Å². The number of nitrogens with zero attached hydrogens (tertiary/aromatic N) is 1. The van der Waals surface area contributed by atoms with Crippen molar-refractivity contribution in [1.82, 2.24) is 4.98 Å². The lowest BCUT2D eigenvalue weighted by Gasteiger charge is -1.87. The topological polar surface area (TPSA) is 43.1 Å². The molecule has 1 heterocycles. The van der Waals surface area contributed by atoms with Crippen molar-refractivity contribution in [3.8, 4) is 0 Å². The van der Waals surface area contributed by atoms with Gasteiger partial charge >= 0.3 is 0 Å². The highest BCUT2D eigenvalue weighted by atomic mass is 127. The summed E-state index contributed by atoms with van der Waals surface area (Å²) in [6.07, 6.45) is 3.04. The molecular formula is C5H4INO2S. The van der Waals surface area contributed by atoms with E-state index in [9.17, 15) is 4.79 Å². The molecule has 0 bridgehead atoms. The fraction of sp³-hybridized carbons (Fsp3) is 0.200. The summed E-state index contributed by atoms with van der Waals surface area (Å²) >= 11 is 3.04. The summed E-state index contributed by atoms with van der Waals surface area (Å²) in [5.74, 6) is 0.418. The highest BCUT2D eigenvalue weighted by Crippen LogP contribution is 2.15. The number of carbonyl (C=O) groups excluding carboxylic acids is 1. The second kappa shape index (κ2) is 3.97. The summed E-state index contributed by atoms with van der Waals surface area (Å²) < 4.78 is 4.98. The van der Waals surface area contributed by atoms with E-state index in [0.29, 0.717) is 11.0 Å². The first kappa shape index (κ1) is 8.06. The Morgan fingerprint density at radius 2 is 2.70 bits per heavy atom. The van der Waals surface area contributed by atoms with Crippen LogP contribution >= 0.6 is 34.4 Å². The molecule has 0 radical (unpaired) electrons. The minimum Gasteiger partial charge on any atom is -0.440 e. The zero-order valence-electron chi connectivity index (χ0n) is 4.91. The van der Waals surface area contributed by atoms with Gasteiger partial charge in [0.05, 0.1) is 11.9 Å². The SMILES string of the molecule is O=C(I)CSc1ncco1. The predicted molar refractivity (Wildman–Crippen MR) is 46.3 cm³/mol. The van der Waals surface area contributed by atoms with E-state index >= 15 is 0 Å². The number of hydrogen-bond donors (Lipinski definition) is 0. The Bertz CT molecular complexity index is 211. The van der Waals surface area contributed by atoms with Crippen LogP contribution in [0.5, 0.6) is 0 Å². The van der Waals surface area contributed by atoms with Gasteiger partial charge in [0, 0.05) is 22.6 Å². The van der Waals surface area contributed by atoms with Crippen LogP contribution in [0.4, 0.5) is 0 Å². The molecule has 0 atom stereocenters. The lowest BCUT2D eigenvalue weighted by Crippen LogP contribution is -1.87. The number of thioether (sulfide) groups is 1. The standard InChI is InChI=1S/C5H4INO2S/c6-4(8)3-10-5-7-1-2-9-5/h1-2H,3H2. The van der Waals surface area contributed by atoms with Gasteiger partial charge in [0.1, 0.15) is 6.26 Å². The highest BCUT2D eigenvalue weighted by molar-refractivity contribution is 14.1. The fourth-order valence-electron chi connectivity index (χ4n) is 0.400. The maximum Gasteiger partial charge on any atom is 0.255 e. The van der Waals surface area contributed by atoms with Gasteiger partial charge in [-0.25, -0.2) is 4.98 Å². The molecule has 0 aromatic carbocycles. The molecule has 1 aromatic rings. The summed E-state index contributed by atoms with van der Waals surface area (Å²) in [7, 11) is 0. The van der Waals surface area contributed by atoms with Gasteiger partial charge in [-0.05, 0) is 0 Å². The summed E-state index contributed by atoms with van der Waals surface area (Å²) in [6, 6.07) is 0. The molecule has 54 valence electrons. The molecular weight excluding hydrogens is 265 g/mol. The minimum absolute atomic E-state index is 0.0980. The van der Waals surface area contributed by atoms with Crippen LogP contribution in [0.2, 0.25) is 0 Å². The Balaban J connectivity index is 2.35. The summed E-state index contributed by atoms with van der Waals surface area (Å²) in [5.41, 5.74) is 0. The minimum atomic E-state index is 0.0980. The predicted octanol–water partition coefficient (Wildman–Crippen LogP) is 1.73. The van der Waals surface area contributed by atoms with Gasteiger partial charge in [-0.15, -0.1) is 0 Å². The lowest BCUT2D eigenvalue weighted by atomic mass is 10.9. The molecule has 5 heteroatoms. The van der Waals surface area contributed by atoms with E-state index in [1.165, 1.54) is 18.0 Å². The molecule has 1 rings (SSSR count). The van der Waals surface area contributed by atoms with Crippen molar-refractivity contribution in [3.63, 3.8) is 0 Å². The van der Waals surface area contributed by atoms with E-state index in [4.69, 9.17) is 4.42 Å². The third-order valence-corrected chi connectivity index (χ3v) is 2.47. The molecule has 0 aliphatic carbocycles. The number of halogens is 1. The number of rotatable bonds is 3. The van der Waals surface area contributed by atoms with Gasteiger partial charge in [-0.2, -0.15) is 0 Å². The number of oxazole rings is 1. The van der Waals surface area contributed by atoms with E-state index in [1.807, 2.05) is 0 Å². The van der Waals surface area contributed by atoms with Gasteiger partial charge in [0.25, 0.3) is 5.22 Å². The van der Waals surface area contributed by atoms with Gasteiger partial charge in [-0.3, -0.25) is 4.79 Å².